The van der Waals surface area contributed by atoms with Crippen LogP contribution in [0.25, 0.3) is 22.2 Å². The molecule has 1 saturated heterocycles. The first-order valence-corrected chi connectivity index (χ1v) is 14.1. The van der Waals surface area contributed by atoms with Crippen molar-refractivity contribution in [3.8, 4) is 11.1 Å². The molecule has 0 amide bonds. The van der Waals surface area contributed by atoms with Crippen molar-refractivity contribution in [2.45, 2.75) is 31.6 Å². The molecule has 1 N–H and O–H groups in total. The number of anilines is 2. The zero-order valence-corrected chi connectivity index (χ0v) is 20.5. The lowest BCUT2D eigenvalue weighted by Crippen LogP contribution is -2.21. The van der Waals surface area contributed by atoms with Gasteiger partial charge in [-0.05, 0) is 57.1 Å². The minimum Gasteiger partial charge on any atom is -0.315 e. The summed E-state index contributed by atoms with van der Waals surface area (Å²) in [6.45, 7) is 4.46. The van der Waals surface area contributed by atoms with E-state index in [4.69, 9.17) is 0 Å². The molecule has 12 heteroatoms. The van der Waals surface area contributed by atoms with Crippen LogP contribution in [0.2, 0.25) is 0 Å². The average molecular weight is 499 g/mol. The van der Waals surface area contributed by atoms with E-state index < -0.39 is 9.84 Å². The summed E-state index contributed by atoms with van der Waals surface area (Å²) in [5.41, 5.74) is 3.48. The topological polar surface area (TPSA) is 119 Å². The van der Waals surface area contributed by atoms with Crippen LogP contribution in [0.3, 0.4) is 0 Å². The summed E-state index contributed by atoms with van der Waals surface area (Å²) in [5, 5.41) is 16.5. The Hall–Kier alpha value is -2.96. The quantitative estimate of drug-likeness (QED) is 0.371. The molecule has 0 aromatic carbocycles. The van der Waals surface area contributed by atoms with Crippen molar-refractivity contribution in [2.24, 2.45) is 0 Å². The van der Waals surface area contributed by atoms with Gasteiger partial charge in [-0.15, -0.1) is 10.2 Å². The van der Waals surface area contributed by atoms with E-state index in [0.717, 1.165) is 41.7 Å². The fourth-order valence-corrected chi connectivity index (χ4v) is 5.95. The molecule has 4 aromatic rings. The molecule has 10 nitrogen and oxygen atoms in total. The fraction of sp³-hybridized carbons (Fsp3) is 0.409. The summed E-state index contributed by atoms with van der Waals surface area (Å²) in [7, 11) is -3.16. The summed E-state index contributed by atoms with van der Waals surface area (Å²) < 4.78 is 24.9. The number of aromatic nitrogens is 6. The van der Waals surface area contributed by atoms with E-state index >= 15 is 0 Å². The minimum atomic E-state index is -3.16. The average Bonchev–Trinajstić information content (AvgIpc) is 3.55. The van der Waals surface area contributed by atoms with Crippen molar-refractivity contribution in [3.63, 3.8) is 0 Å². The van der Waals surface area contributed by atoms with Crippen LogP contribution in [0.15, 0.2) is 36.8 Å². The number of hydrogen-bond acceptors (Lipinski definition) is 10. The predicted molar refractivity (Wildman–Crippen MR) is 133 cm³/mol. The third-order valence-corrected chi connectivity index (χ3v) is 7.47. The summed E-state index contributed by atoms with van der Waals surface area (Å²) in [5.74, 6) is 0.461. The van der Waals surface area contributed by atoms with E-state index in [1.54, 1.807) is 0 Å². The first-order chi connectivity index (χ1) is 16.4. The van der Waals surface area contributed by atoms with E-state index in [1.807, 2.05) is 35.3 Å². The van der Waals surface area contributed by atoms with Gasteiger partial charge in [0.05, 0.1) is 17.2 Å². The van der Waals surface area contributed by atoms with E-state index in [9.17, 15) is 8.42 Å². The Morgan fingerprint density at radius 3 is 2.74 bits per heavy atom. The smallest absolute Gasteiger partial charge is 0.211 e. The van der Waals surface area contributed by atoms with Gasteiger partial charge < -0.3 is 10.2 Å². The molecule has 1 aliphatic rings. The van der Waals surface area contributed by atoms with Gasteiger partial charge in [-0.25, -0.2) is 13.4 Å². The standard InChI is InChI=1S/C22H26N8O2S2/c1-34(31,32)15-21-27-28-22(33-21)26-20-6-5-18-19(25-20)11-16(12-23-18)17-13-24-30(14-17)10-4-9-29-7-2-3-8-29/h5-6,11-14H,2-4,7-10,15H2,1H3,(H,25,26,28). The number of likely N-dealkylation sites (tertiary alicyclic amines) is 1. The van der Waals surface area contributed by atoms with Crippen LogP contribution < -0.4 is 5.32 Å². The maximum atomic E-state index is 11.5. The van der Waals surface area contributed by atoms with E-state index in [0.29, 0.717) is 16.0 Å². The number of sulfone groups is 1. The van der Waals surface area contributed by atoms with Crippen LogP contribution in [0.5, 0.6) is 0 Å². The molecular formula is C22H26N8O2S2. The molecule has 178 valence electrons. The molecule has 0 unspecified atom stereocenters. The highest BCUT2D eigenvalue weighted by molar-refractivity contribution is 7.90. The van der Waals surface area contributed by atoms with Gasteiger partial charge >= 0.3 is 0 Å². The van der Waals surface area contributed by atoms with E-state index in [-0.39, 0.29) is 5.75 Å². The zero-order chi connectivity index (χ0) is 23.5. The van der Waals surface area contributed by atoms with Gasteiger partial charge in [0.2, 0.25) is 5.13 Å². The molecule has 1 fully saturated rings. The van der Waals surface area contributed by atoms with Gasteiger partial charge in [-0.2, -0.15) is 5.10 Å². The zero-order valence-electron chi connectivity index (χ0n) is 18.9. The Morgan fingerprint density at radius 2 is 1.91 bits per heavy atom. The van der Waals surface area contributed by atoms with Crippen molar-refractivity contribution >= 4 is 43.2 Å². The van der Waals surface area contributed by atoms with E-state index in [1.165, 1.54) is 43.5 Å². The summed E-state index contributed by atoms with van der Waals surface area (Å²) in [4.78, 5) is 11.7. The molecule has 1 aliphatic heterocycles. The van der Waals surface area contributed by atoms with Crippen LogP contribution in [0.1, 0.15) is 24.3 Å². The number of hydrogen-bond donors (Lipinski definition) is 1. The first-order valence-electron chi connectivity index (χ1n) is 11.2. The second-order valence-corrected chi connectivity index (χ2v) is 11.8. The molecule has 34 heavy (non-hydrogen) atoms. The summed E-state index contributed by atoms with van der Waals surface area (Å²) >= 11 is 1.19. The van der Waals surface area contributed by atoms with Crippen LogP contribution in [-0.2, 0) is 22.1 Å². The maximum absolute atomic E-state index is 11.5. The largest absolute Gasteiger partial charge is 0.315 e. The van der Waals surface area contributed by atoms with Crippen LogP contribution in [-0.4, -0.2) is 69.2 Å². The predicted octanol–water partition coefficient (Wildman–Crippen LogP) is 3.12. The molecule has 0 aliphatic carbocycles. The summed E-state index contributed by atoms with van der Waals surface area (Å²) in [6, 6.07) is 5.69. The highest BCUT2D eigenvalue weighted by Crippen LogP contribution is 2.25. The normalized spacial score (nSPS) is 14.7. The lowest BCUT2D eigenvalue weighted by atomic mass is 10.1. The van der Waals surface area contributed by atoms with Crippen molar-refractivity contribution < 1.29 is 8.42 Å². The Balaban J connectivity index is 1.27. The van der Waals surface area contributed by atoms with Gasteiger partial charge in [-0.1, -0.05) is 11.3 Å². The number of rotatable bonds is 9. The Morgan fingerprint density at radius 1 is 1.06 bits per heavy atom. The van der Waals surface area contributed by atoms with Crippen LogP contribution in [0, 0.1) is 0 Å². The highest BCUT2D eigenvalue weighted by Gasteiger charge is 2.13. The third-order valence-electron chi connectivity index (χ3n) is 5.65. The van der Waals surface area contributed by atoms with Gasteiger partial charge in [0, 0.05) is 36.3 Å². The number of aryl methyl sites for hydroxylation is 1. The molecule has 5 rings (SSSR count). The van der Waals surface area contributed by atoms with Gasteiger partial charge in [0.25, 0.3) is 0 Å². The van der Waals surface area contributed by atoms with Crippen molar-refractivity contribution in [2.75, 3.05) is 31.2 Å². The molecule has 0 spiro atoms. The molecule has 4 aromatic heterocycles. The first kappa shape index (κ1) is 22.8. The Kier molecular flexibility index (Phi) is 6.53. The number of nitrogens with one attached hydrogen (secondary N) is 1. The maximum Gasteiger partial charge on any atom is 0.211 e. The number of nitrogens with zero attached hydrogens (tertiary/aromatic N) is 7. The number of fused-ring (bicyclic) bond motifs is 1. The fourth-order valence-electron chi connectivity index (χ4n) is 4.03. The Labute approximate surface area is 202 Å². The van der Waals surface area contributed by atoms with Gasteiger partial charge in [0.1, 0.15) is 16.6 Å². The minimum absolute atomic E-state index is 0.128. The molecule has 0 bridgehead atoms. The molecular weight excluding hydrogens is 472 g/mol. The van der Waals surface area contributed by atoms with Crippen LogP contribution >= 0.6 is 11.3 Å². The van der Waals surface area contributed by atoms with Gasteiger partial charge in [0.15, 0.2) is 9.84 Å². The SMILES string of the molecule is CS(=O)(=O)Cc1nnc(Nc2ccc3ncc(-c4cnn(CCCN5CCCC5)c4)cc3n2)s1. The molecule has 5 heterocycles. The number of pyridine rings is 2. The lowest BCUT2D eigenvalue weighted by molar-refractivity contribution is 0.322. The van der Waals surface area contributed by atoms with E-state index in [2.05, 4.69) is 41.7 Å². The highest BCUT2D eigenvalue weighted by atomic mass is 32.2. The molecule has 0 saturated carbocycles. The third kappa shape index (κ3) is 5.75. The molecule has 0 radical (unpaired) electrons. The Bertz CT molecular complexity index is 1390. The second-order valence-electron chi connectivity index (χ2n) is 8.55. The monoisotopic (exact) mass is 498 g/mol. The van der Waals surface area contributed by atoms with Gasteiger partial charge in [-0.3, -0.25) is 9.67 Å². The van der Waals surface area contributed by atoms with Crippen molar-refractivity contribution in [1.29, 1.82) is 0 Å². The van der Waals surface area contributed by atoms with Crippen molar-refractivity contribution in [3.05, 3.63) is 41.8 Å². The van der Waals surface area contributed by atoms with Crippen molar-refractivity contribution in [1.82, 2.24) is 34.8 Å². The lowest BCUT2D eigenvalue weighted by Gasteiger charge is -2.13. The molecule has 0 atom stereocenters. The van der Waals surface area contributed by atoms with Crippen LogP contribution in [0.4, 0.5) is 10.9 Å². The second kappa shape index (κ2) is 9.72. The summed E-state index contributed by atoms with van der Waals surface area (Å²) in [6.07, 6.45) is 10.7.